The summed E-state index contributed by atoms with van der Waals surface area (Å²) < 4.78 is 1.75. The zero-order valence-corrected chi connectivity index (χ0v) is 7.94. The Hall–Kier alpha value is -1.29. The van der Waals surface area contributed by atoms with Gasteiger partial charge in [0.15, 0.2) is 0 Å². The summed E-state index contributed by atoms with van der Waals surface area (Å²) in [6.45, 7) is 0.557. The first-order chi connectivity index (χ1) is 6.25. The first-order valence-corrected chi connectivity index (χ1v) is 4.27. The average molecular weight is 197 g/mol. The number of hydrogen-bond acceptors (Lipinski definition) is 3. The van der Waals surface area contributed by atoms with E-state index in [1.807, 2.05) is 24.3 Å². The smallest absolute Gasteiger partial charge is 0.127 e. The van der Waals surface area contributed by atoms with E-state index in [2.05, 4.69) is 10.1 Å². The molecule has 1 aromatic heterocycles. The molecule has 0 saturated carbocycles. The van der Waals surface area contributed by atoms with Crippen molar-refractivity contribution in [2.24, 2.45) is 12.0 Å². The maximum Gasteiger partial charge on any atom is 0.127 e. The van der Waals surface area contributed by atoms with Crippen LogP contribution >= 0.6 is 11.6 Å². The number of aromatic nitrogens is 2. The van der Waals surface area contributed by atoms with E-state index in [1.165, 1.54) is 0 Å². The third-order valence-corrected chi connectivity index (χ3v) is 2.03. The lowest BCUT2D eigenvalue weighted by atomic mass is 10.4. The molecule has 0 fully saturated rings. The van der Waals surface area contributed by atoms with Gasteiger partial charge in [-0.05, 0) is 6.08 Å². The minimum absolute atomic E-state index is 0.542. The van der Waals surface area contributed by atoms with Gasteiger partial charge in [-0.2, -0.15) is 5.10 Å². The number of allylic oxidation sites excluding steroid dienone is 1. The van der Waals surface area contributed by atoms with Crippen LogP contribution in [0.2, 0.25) is 0 Å². The Labute approximate surface area is 81.1 Å². The highest BCUT2D eigenvalue weighted by Crippen LogP contribution is 2.15. The van der Waals surface area contributed by atoms with Gasteiger partial charge in [-0.1, -0.05) is 11.6 Å². The molecule has 4 nitrogen and oxygen atoms in total. The van der Waals surface area contributed by atoms with E-state index in [9.17, 15) is 0 Å². The lowest BCUT2D eigenvalue weighted by Crippen LogP contribution is -2.19. The SMILES string of the molecule is Cn1cc(N2C=CC(Cl)=NC2)cn1. The summed E-state index contributed by atoms with van der Waals surface area (Å²) in [5.41, 5.74) is 1.02. The summed E-state index contributed by atoms with van der Waals surface area (Å²) in [6.07, 6.45) is 7.38. The Balaban J connectivity index is 2.17. The maximum atomic E-state index is 5.69. The molecular formula is C8H9ClN4. The molecule has 68 valence electrons. The van der Waals surface area contributed by atoms with Crippen molar-refractivity contribution in [2.45, 2.75) is 0 Å². The molecule has 0 radical (unpaired) electrons. The van der Waals surface area contributed by atoms with Gasteiger partial charge in [-0.15, -0.1) is 0 Å². The van der Waals surface area contributed by atoms with E-state index in [4.69, 9.17) is 11.6 Å². The van der Waals surface area contributed by atoms with Crippen molar-refractivity contribution in [1.29, 1.82) is 0 Å². The Morgan fingerprint density at radius 3 is 2.92 bits per heavy atom. The summed E-state index contributed by atoms with van der Waals surface area (Å²) in [4.78, 5) is 6.05. The van der Waals surface area contributed by atoms with E-state index in [0.717, 1.165) is 5.69 Å². The van der Waals surface area contributed by atoms with Gasteiger partial charge in [0.1, 0.15) is 11.8 Å². The van der Waals surface area contributed by atoms with Gasteiger partial charge in [-0.25, -0.2) is 0 Å². The Bertz CT molecular complexity index is 366. The third-order valence-electron chi connectivity index (χ3n) is 1.79. The monoisotopic (exact) mass is 196 g/mol. The van der Waals surface area contributed by atoms with E-state index >= 15 is 0 Å². The second kappa shape index (κ2) is 3.22. The summed E-state index contributed by atoms with van der Waals surface area (Å²) >= 11 is 5.69. The number of halogens is 1. The minimum atomic E-state index is 0.542. The lowest BCUT2D eigenvalue weighted by Gasteiger charge is -2.18. The number of nitrogens with zero attached hydrogens (tertiary/aromatic N) is 4. The van der Waals surface area contributed by atoms with Crippen molar-refractivity contribution in [1.82, 2.24) is 9.78 Å². The van der Waals surface area contributed by atoms with Gasteiger partial charge in [0.05, 0.1) is 11.9 Å². The molecule has 2 heterocycles. The van der Waals surface area contributed by atoms with Crippen LogP contribution in [0.3, 0.4) is 0 Å². The quantitative estimate of drug-likeness (QED) is 0.680. The number of rotatable bonds is 1. The fraction of sp³-hybridized carbons (Fsp3) is 0.250. The molecule has 2 rings (SSSR count). The van der Waals surface area contributed by atoms with Crippen LogP contribution in [0.5, 0.6) is 0 Å². The lowest BCUT2D eigenvalue weighted by molar-refractivity contribution is 0.767. The molecule has 1 aliphatic heterocycles. The highest BCUT2D eigenvalue weighted by molar-refractivity contribution is 6.68. The number of anilines is 1. The molecule has 0 aliphatic carbocycles. The Morgan fingerprint density at radius 2 is 2.38 bits per heavy atom. The van der Waals surface area contributed by atoms with Gasteiger partial charge < -0.3 is 4.90 Å². The molecule has 0 bridgehead atoms. The van der Waals surface area contributed by atoms with Crippen LogP contribution in [0.4, 0.5) is 5.69 Å². The van der Waals surface area contributed by atoms with E-state index < -0.39 is 0 Å². The Kier molecular flexibility index (Phi) is 2.06. The van der Waals surface area contributed by atoms with Gasteiger partial charge in [0.25, 0.3) is 0 Å². The minimum Gasteiger partial charge on any atom is -0.325 e. The zero-order valence-electron chi connectivity index (χ0n) is 7.18. The highest BCUT2D eigenvalue weighted by Gasteiger charge is 2.07. The molecule has 1 aromatic rings. The first kappa shape index (κ1) is 8.31. The maximum absolute atomic E-state index is 5.69. The molecule has 0 N–H and O–H groups in total. The molecule has 0 aromatic carbocycles. The topological polar surface area (TPSA) is 33.4 Å². The van der Waals surface area contributed by atoms with Gasteiger partial charge in [-0.3, -0.25) is 9.67 Å². The van der Waals surface area contributed by atoms with E-state index in [1.54, 1.807) is 17.0 Å². The van der Waals surface area contributed by atoms with Crippen LogP contribution in [0, 0.1) is 0 Å². The second-order valence-corrected chi connectivity index (χ2v) is 3.17. The van der Waals surface area contributed by atoms with Crippen molar-refractivity contribution >= 4 is 22.5 Å². The molecule has 1 aliphatic rings. The van der Waals surface area contributed by atoms with Gasteiger partial charge in [0.2, 0.25) is 0 Å². The third kappa shape index (κ3) is 1.72. The predicted molar refractivity (Wildman–Crippen MR) is 53.0 cm³/mol. The molecule has 0 unspecified atom stereocenters. The molecular weight excluding hydrogens is 188 g/mol. The van der Waals surface area contributed by atoms with Crippen LogP contribution in [0.25, 0.3) is 0 Å². The number of aliphatic imine (C=N–C) groups is 1. The predicted octanol–water partition coefficient (Wildman–Crippen LogP) is 1.35. The van der Waals surface area contributed by atoms with Crippen LogP contribution < -0.4 is 4.90 Å². The van der Waals surface area contributed by atoms with Crippen molar-refractivity contribution in [3.8, 4) is 0 Å². The molecule has 0 atom stereocenters. The highest BCUT2D eigenvalue weighted by atomic mass is 35.5. The standard InChI is InChI=1S/C8H9ClN4/c1-12-5-7(4-11-12)13-3-2-8(9)10-6-13/h2-5H,6H2,1H3. The fourth-order valence-electron chi connectivity index (χ4n) is 1.12. The zero-order chi connectivity index (χ0) is 9.26. The molecule has 13 heavy (non-hydrogen) atoms. The molecule has 0 spiro atoms. The Morgan fingerprint density at radius 1 is 1.54 bits per heavy atom. The van der Waals surface area contributed by atoms with Crippen molar-refractivity contribution < 1.29 is 0 Å². The van der Waals surface area contributed by atoms with Crippen LogP contribution in [-0.2, 0) is 7.05 Å². The van der Waals surface area contributed by atoms with Crippen molar-refractivity contribution in [3.05, 3.63) is 24.7 Å². The largest absolute Gasteiger partial charge is 0.325 e. The van der Waals surface area contributed by atoms with Gasteiger partial charge in [0, 0.05) is 19.4 Å². The summed E-state index contributed by atoms with van der Waals surface area (Å²) in [5.74, 6) is 0. The number of aryl methyl sites for hydroxylation is 1. The fourth-order valence-corrected chi connectivity index (χ4v) is 1.23. The van der Waals surface area contributed by atoms with Crippen molar-refractivity contribution in [3.63, 3.8) is 0 Å². The summed E-state index contributed by atoms with van der Waals surface area (Å²) in [6, 6.07) is 0. The van der Waals surface area contributed by atoms with Crippen LogP contribution in [0.1, 0.15) is 0 Å². The van der Waals surface area contributed by atoms with Gasteiger partial charge >= 0.3 is 0 Å². The second-order valence-electron chi connectivity index (χ2n) is 2.78. The van der Waals surface area contributed by atoms with Crippen molar-refractivity contribution in [2.75, 3.05) is 11.6 Å². The van der Waals surface area contributed by atoms with E-state index in [-0.39, 0.29) is 0 Å². The normalized spacial score (nSPS) is 16.2. The van der Waals surface area contributed by atoms with E-state index in [0.29, 0.717) is 11.8 Å². The summed E-state index contributed by atoms with van der Waals surface area (Å²) in [5, 5.41) is 4.61. The molecule has 5 heteroatoms. The summed E-state index contributed by atoms with van der Waals surface area (Å²) in [7, 11) is 1.88. The first-order valence-electron chi connectivity index (χ1n) is 3.89. The molecule has 0 amide bonds. The van der Waals surface area contributed by atoms with Crippen LogP contribution in [0.15, 0.2) is 29.7 Å². The molecule has 0 saturated heterocycles. The van der Waals surface area contributed by atoms with Crippen LogP contribution in [-0.4, -0.2) is 21.6 Å². The number of hydrogen-bond donors (Lipinski definition) is 0. The average Bonchev–Trinajstić information content (AvgIpc) is 2.53.